The number of anilines is 1. The molecule has 2 fully saturated rings. The van der Waals surface area contributed by atoms with Gasteiger partial charge in [0.1, 0.15) is 12.6 Å². The molecule has 2 aliphatic heterocycles. The molecule has 6 nitrogen and oxygen atoms in total. The second-order valence-corrected chi connectivity index (χ2v) is 7.91. The Balaban J connectivity index is 1.42. The number of carbonyl (C=O) groups is 3. The van der Waals surface area contributed by atoms with Crippen LogP contribution in [0, 0.1) is 13.8 Å². The molecular formula is C23H25N3O3. The average molecular weight is 391 g/mol. The van der Waals surface area contributed by atoms with Gasteiger partial charge in [0.2, 0.25) is 11.8 Å². The summed E-state index contributed by atoms with van der Waals surface area (Å²) in [7, 11) is 0. The van der Waals surface area contributed by atoms with Gasteiger partial charge in [-0.25, -0.2) is 0 Å². The Labute approximate surface area is 170 Å². The van der Waals surface area contributed by atoms with E-state index in [-0.39, 0.29) is 30.3 Å². The van der Waals surface area contributed by atoms with Crippen molar-refractivity contribution < 1.29 is 14.4 Å². The van der Waals surface area contributed by atoms with Crippen molar-refractivity contribution >= 4 is 23.4 Å². The average Bonchev–Trinajstić information content (AvgIpc) is 3.19. The predicted octanol–water partition coefficient (Wildman–Crippen LogP) is 2.89. The fourth-order valence-corrected chi connectivity index (χ4v) is 4.13. The number of hydrogen-bond acceptors (Lipinski definition) is 3. The maximum atomic E-state index is 12.7. The molecule has 0 radical (unpaired) electrons. The van der Waals surface area contributed by atoms with E-state index in [4.69, 9.17) is 0 Å². The second-order valence-electron chi connectivity index (χ2n) is 7.91. The Hall–Kier alpha value is -3.15. The summed E-state index contributed by atoms with van der Waals surface area (Å²) >= 11 is 0. The smallest absolute Gasteiger partial charge is 0.255 e. The van der Waals surface area contributed by atoms with E-state index in [9.17, 15) is 14.4 Å². The zero-order valence-electron chi connectivity index (χ0n) is 16.8. The van der Waals surface area contributed by atoms with Crippen LogP contribution >= 0.6 is 0 Å². The van der Waals surface area contributed by atoms with E-state index in [0.717, 1.165) is 35.2 Å². The van der Waals surface area contributed by atoms with Crippen molar-refractivity contribution in [2.45, 2.75) is 39.3 Å². The lowest BCUT2D eigenvalue weighted by Gasteiger charge is -2.36. The van der Waals surface area contributed by atoms with Crippen molar-refractivity contribution in [3.8, 4) is 0 Å². The number of rotatable bonds is 4. The monoisotopic (exact) mass is 391 g/mol. The van der Waals surface area contributed by atoms with Crippen LogP contribution in [0.3, 0.4) is 0 Å². The Kier molecular flexibility index (Phi) is 5.09. The third-order valence-corrected chi connectivity index (χ3v) is 5.72. The summed E-state index contributed by atoms with van der Waals surface area (Å²) in [5.41, 5.74) is 4.42. The third-order valence-electron chi connectivity index (χ3n) is 5.72. The zero-order chi connectivity index (χ0) is 20.5. The zero-order valence-corrected chi connectivity index (χ0v) is 16.8. The van der Waals surface area contributed by atoms with Crippen molar-refractivity contribution in [3.05, 3.63) is 64.7 Å². The number of amides is 3. The first kappa shape index (κ1) is 19.2. The summed E-state index contributed by atoms with van der Waals surface area (Å²) in [4.78, 5) is 40.8. The predicted molar refractivity (Wildman–Crippen MR) is 110 cm³/mol. The molecule has 0 spiro atoms. The Bertz CT molecular complexity index is 968. The van der Waals surface area contributed by atoms with E-state index in [1.54, 1.807) is 21.9 Å². The summed E-state index contributed by atoms with van der Waals surface area (Å²) in [6.07, 6.45) is 1.64. The normalized spacial score (nSPS) is 18.8. The molecule has 2 saturated heterocycles. The summed E-state index contributed by atoms with van der Waals surface area (Å²) < 4.78 is 0. The van der Waals surface area contributed by atoms with Gasteiger partial charge in [-0.15, -0.1) is 0 Å². The molecule has 4 rings (SSSR count). The first-order chi connectivity index (χ1) is 13.9. The number of fused-ring (bicyclic) bond motifs is 1. The highest BCUT2D eigenvalue weighted by Gasteiger charge is 2.41. The molecule has 3 amide bonds. The highest BCUT2D eigenvalue weighted by Crippen LogP contribution is 2.25. The molecule has 2 aromatic carbocycles. The van der Waals surface area contributed by atoms with Gasteiger partial charge < -0.3 is 15.1 Å². The van der Waals surface area contributed by atoms with Crippen LogP contribution in [0.15, 0.2) is 42.5 Å². The Morgan fingerprint density at radius 1 is 1.10 bits per heavy atom. The van der Waals surface area contributed by atoms with Crippen molar-refractivity contribution in [1.29, 1.82) is 0 Å². The van der Waals surface area contributed by atoms with Gasteiger partial charge in [-0.2, -0.15) is 0 Å². The fraction of sp³-hybridized carbons (Fsp3) is 0.348. The van der Waals surface area contributed by atoms with E-state index < -0.39 is 0 Å². The van der Waals surface area contributed by atoms with Crippen molar-refractivity contribution in [1.82, 2.24) is 9.80 Å². The van der Waals surface area contributed by atoms with E-state index in [1.807, 2.05) is 44.2 Å². The maximum absolute atomic E-state index is 12.7. The van der Waals surface area contributed by atoms with Gasteiger partial charge in [-0.3, -0.25) is 14.4 Å². The van der Waals surface area contributed by atoms with Crippen LogP contribution in [0.2, 0.25) is 0 Å². The Morgan fingerprint density at radius 2 is 1.86 bits per heavy atom. The van der Waals surface area contributed by atoms with Gasteiger partial charge in [-0.05, 0) is 56.0 Å². The van der Waals surface area contributed by atoms with Crippen LogP contribution in [0.5, 0.6) is 0 Å². The van der Waals surface area contributed by atoms with Crippen molar-refractivity contribution in [3.63, 3.8) is 0 Å². The quantitative estimate of drug-likeness (QED) is 0.871. The lowest BCUT2D eigenvalue weighted by atomic mass is 10.1. The van der Waals surface area contributed by atoms with Gasteiger partial charge in [0.25, 0.3) is 5.91 Å². The van der Waals surface area contributed by atoms with Crippen LogP contribution in [0.1, 0.15) is 39.9 Å². The number of nitrogens with one attached hydrogen (secondary N) is 1. The summed E-state index contributed by atoms with van der Waals surface area (Å²) in [6, 6.07) is 12.8. The Morgan fingerprint density at radius 3 is 2.59 bits per heavy atom. The third kappa shape index (κ3) is 3.88. The molecule has 2 aromatic rings. The number of carbonyl (C=O) groups excluding carboxylic acids is 3. The molecule has 0 aliphatic carbocycles. The SMILES string of the molecule is Cc1ccc(NC(=O)c2ccc(CN3CC(=O)N4CCC[C@@H]4C3=O)cc2)c(C)c1. The summed E-state index contributed by atoms with van der Waals surface area (Å²) in [6.45, 7) is 5.18. The number of aryl methyl sites for hydroxylation is 2. The molecule has 150 valence electrons. The lowest BCUT2D eigenvalue weighted by Crippen LogP contribution is -2.56. The first-order valence-corrected chi connectivity index (χ1v) is 9.98. The highest BCUT2D eigenvalue weighted by atomic mass is 16.2. The molecule has 1 N–H and O–H groups in total. The van der Waals surface area contributed by atoms with E-state index in [0.29, 0.717) is 18.7 Å². The van der Waals surface area contributed by atoms with Crippen molar-refractivity contribution in [2.75, 3.05) is 18.4 Å². The van der Waals surface area contributed by atoms with E-state index in [2.05, 4.69) is 5.32 Å². The number of piperazine rings is 1. The lowest BCUT2D eigenvalue weighted by molar-refractivity contribution is -0.154. The number of nitrogens with zero attached hydrogens (tertiary/aromatic N) is 2. The van der Waals surface area contributed by atoms with E-state index in [1.165, 1.54) is 0 Å². The molecule has 29 heavy (non-hydrogen) atoms. The number of benzene rings is 2. The topological polar surface area (TPSA) is 69.7 Å². The van der Waals surface area contributed by atoms with Gasteiger partial charge in [0, 0.05) is 24.3 Å². The molecule has 0 unspecified atom stereocenters. The van der Waals surface area contributed by atoms with Gasteiger partial charge >= 0.3 is 0 Å². The standard InChI is InChI=1S/C23H25N3O3/c1-15-5-10-19(16(2)12-15)24-22(28)18-8-6-17(7-9-18)13-25-14-21(27)26-11-3-4-20(26)23(25)29/h5-10,12,20H,3-4,11,13-14H2,1-2H3,(H,24,28)/t20-/m1/s1. The minimum Gasteiger partial charge on any atom is -0.329 e. The van der Waals surface area contributed by atoms with Gasteiger partial charge in [0.15, 0.2) is 0 Å². The molecule has 0 aromatic heterocycles. The second kappa shape index (κ2) is 7.70. The van der Waals surface area contributed by atoms with Crippen LogP contribution in [0.4, 0.5) is 5.69 Å². The summed E-state index contributed by atoms with van der Waals surface area (Å²) in [5.74, 6) is -0.121. The van der Waals surface area contributed by atoms with Crippen LogP contribution in [0.25, 0.3) is 0 Å². The molecular weight excluding hydrogens is 366 g/mol. The maximum Gasteiger partial charge on any atom is 0.255 e. The minimum atomic E-state index is -0.293. The summed E-state index contributed by atoms with van der Waals surface area (Å²) in [5, 5.41) is 2.94. The molecule has 2 heterocycles. The van der Waals surface area contributed by atoms with E-state index >= 15 is 0 Å². The highest BCUT2D eigenvalue weighted by molar-refractivity contribution is 6.04. The molecule has 1 atom stereocenters. The van der Waals surface area contributed by atoms with Crippen LogP contribution in [-0.4, -0.2) is 46.7 Å². The molecule has 0 saturated carbocycles. The van der Waals surface area contributed by atoms with Crippen LogP contribution < -0.4 is 5.32 Å². The molecule has 2 aliphatic rings. The first-order valence-electron chi connectivity index (χ1n) is 9.98. The van der Waals surface area contributed by atoms with Crippen molar-refractivity contribution in [2.24, 2.45) is 0 Å². The molecule has 6 heteroatoms. The number of hydrogen-bond donors (Lipinski definition) is 1. The van der Waals surface area contributed by atoms with Gasteiger partial charge in [0.05, 0.1) is 0 Å². The largest absolute Gasteiger partial charge is 0.329 e. The fourth-order valence-electron chi connectivity index (χ4n) is 4.13. The van der Waals surface area contributed by atoms with Gasteiger partial charge in [-0.1, -0.05) is 29.8 Å². The minimum absolute atomic E-state index is 0.0246. The van der Waals surface area contributed by atoms with Crippen LogP contribution in [-0.2, 0) is 16.1 Å². The molecule has 0 bridgehead atoms.